The minimum absolute atomic E-state index is 0.0268. The van der Waals surface area contributed by atoms with Gasteiger partial charge in [0.15, 0.2) is 5.75 Å². The van der Waals surface area contributed by atoms with E-state index in [9.17, 15) is 10.1 Å². The first-order chi connectivity index (χ1) is 9.56. The number of nitro groups is 1. The number of likely N-dealkylation sites (N-methyl/N-ethyl adjacent to an activating group) is 1. The van der Waals surface area contributed by atoms with Gasteiger partial charge in [0.05, 0.1) is 4.92 Å². The van der Waals surface area contributed by atoms with Crippen molar-refractivity contribution in [3.63, 3.8) is 0 Å². The van der Waals surface area contributed by atoms with Crippen LogP contribution in [-0.2, 0) is 6.54 Å². The summed E-state index contributed by atoms with van der Waals surface area (Å²) >= 11 is 0. The molecule has 6 heteroatoms. The quantitative estimate of drug-likeness (QED) is 0.580. The smallest absolute Gasteiger partial charge is 0.310 e. The lowest BCUT2D eigenvalue weighted by atomic mass is 10.2. The number of ether oxygens (including phenoxy) is 1. The molecule has 20 heavy (non-hydrogen) atoms. The average Bonchev–Trinajstić information content (AvgIpc) is 3.19. The third-order valence-electron chi connectivity index (χ3n) is 3.19. The SMILES string of the molecule is CN(C)CCOc1cc(CNC2CC2)ccc1[N+](=O)[O-]. The highest BCUT2D eigenvalue weighted by Crippen LogP contribution is 2.28. The van der Waals surface area contributed by atoms with Crippen molar-refractivity contribution in [3.8, 4) is 5.75 Å². The van der Waals surface area contributed by atoms with E-state index in [1.807, 2.05) is 19.0 Å². The van der Waals surface area contributed by atoms with E-state index in [4.69, 9.17) is 4.74 Å². The van der Waals surface area contributed by atoms with Crippen LogP contribution >= 0.6 is 0 Å². The van der Waals surface area contributed by atoms with Gasteiger partial charge >= 0.3 is 5.69 Å². The highest BCUT2D eigenvalue weighted by molar-refractivity contribution is 5.48. The maximum Gasteiger partial charge on any atom is 0.310 e. The van der Waals surface area contributed by atoms with Gasteiger partial charge in [-0.05, 0) is 38.6 Å². The first-order valence-electron chi connectivity index (χ1n) is 6.84. The Morgan fingerprint density at radius 1 is 1.45 bits per heavy atom. The summed E-state index contributed by atoms with van der Waals surface area (Å²) in [4.78, 5) is 12.6. The molecule has 0 saturated heterocycles. The minimum Gasteiger partial charge on any atom is -0.485 e. The molecule has 1 aliphatic rings. The molecule has 1 aromatic carbocycles. The molecular formula is C14H21N3O3. The molecule has 1 fully saturated rings. The number of nitrogens with zero attached hydrogens (tertiary/aromatic N) is 2. The molecule has 1 saturated carbocycles. The fourth-order valence-corrected chi connectivity index (χ4v) is 1.82. The van der Waals surface area contributed by atoms with Gasteiger partial charge in [0.25, 0.3) is 0 Å². The summed E-state index contributed by atoms with van der Waals surface area (Å²) in [5.41, 5.74) is 1.04. The van der Waals surface area contributed by atoms with Gasteiger partial charge in [-0.15, -0.1) is 0 Å². The third-order valence-corrected chi connectivity index (χ3v) is 3.19. The van der Waals surface area contributed by atoms with Gasteiger partial charge in [-0.2, -0.15) is 0 Å². The molecule has 0 aliphatic heterocycles. The summed E-state index contributed by atoms with van der Waals surface area (Å²) < 4.78 is 5.56. The van der Waals surface area contributed by atoms with Crippen molar-refractivity contribution in [2.24, 2.45) is 0 Å². The fraction of sp³-hybridized carbons (Fsp3) is 0.571. The second kappa shape index (κ2) is 6.67. The van der Waals surface area contributed by atoms with Crippen LogP contribution in [0.15, 0.2) is 18.2 Å². The Labute approximate surface area is 118 Å². The molecule has 0 unspecified atom stereocenters. The van der Waals surface area contributed by atoms with Crippen molar-refractivity contribution in [1.29, 1.82) is 0 Å². The third kappa shape index (κ3) is 4.47. The molecule has 1 aromatic rings. The van der Waals surface area contributed by atoms with Gasteiger partial charge in [-0.1, -0.05) is 6.07 Å². The maximum atomic E-state index is 11.0. The molecule has 0 amide bonds. The number of rotatable bonds is 8. The monoisotopic (exact) mass is 279 g/mol. The average molecular weight is 279 g/mol. The molecule has 0 atom stereocenters. The topological polar surface area (TPSA) is 67.6 Å². The molecule has 1 N–H and O–H groups in total. The predicted octanol–water partition coefficient (Wildman–Crippen LogP) is 1.79. The molecule has 0 heterocycles. The van der Waals surface area contributed by atoms with E-state index in [2.05, 4.69) is 5.32 Å². The van der Waals surface area contributed by atoms with Crippen LogP contribution in [0.25, 0.3) is 0 Å². The van der Waals surface area contributed by atoms with Gasteiger partial charge < -0.3 is 15.0 Å². The Morgan fingerprint density at radius 3 is 2.80 bits per heavy atom. The van der Waals surface area contributed by atoms with Crippen LogP contribution in [0.1, 0.15) is 18.4 Å². The van der Waals surface area contributed by atoms with Crippen LogP contribution < -0.4 is 10.1 Å². The zero-order valence-corrected chi connectivity index (χ0v) is 12.0. The van der Waals surface area contributed by atoms with Crippen LogP contribution in [-0.4, -0.2) is 43.1 Å². The molecule has 110 valence electrons. The minimum atomic E-state index is -0.400. The molecule has 2 rings (SSSR count). The Morgan fingerprint density at radius 2 is 2.20 bits per heavy atom. The predicted molar refractivity (Wildman–Crippen MR) is 77.0 cm³/mol. The zero-order chi connectivity index (χ0) is 14.5. The Bertz CT molecular complexity index is 473. The van der Waals surface area contributed by atoms with Gasteiger partial charge in [-0.3, -0.25) is 10.1 Å². The van der Waals surface area contributed by atoms with Crippen molar-refractivity contribution >= 4 is 5.69 Å². The Kier molecular flexibility index (Phi) is 4.92. The Balaban J connectivity index is 2.02. The van der Waals surface area contributed by atoms with Gasteiger partial charge in [-0.25, -0.2) is 0 Å². The van der Waals surface area contributed by atoms with Crippen LogP contribution in [0.2, 0.25) is 0 Å². The van der Waals surface area contributed by atoms with Crippen LogP contribution in [0.3, 0.4) is 0 Å². The van der Waals surface area contributed by atoms with Crippen LogP contribution in [0, 0.1) is 10.1 Å². The van der Waals surface area contributed by atoms with Gasteiger partial charge in [0.2, 0.25) is 0 Å². The molecule has 0 bridgehead atoms. The van der Waals surface area contributed by atoms with Gasteiger partial charge in [0.1, 0.15) is 6.61 Å². The van der Waals surface area contributed by atoms with E-state index in [0.29, 0.717) is 18.4 Å². The number of hydrogen-bond donors (Lipinski definition) is 1. The second-order valence-electron chi connectivity index (χ2n) is 5.37. The fourth-order valence-electron chi connectivity index (χ4n) is 1.82. The van der Waals surface area contributed by atoms with Crippen molar-refractivity contribution in [3.05, 3.63) is 33.9 Å². The summed E-state index contributed by atoms with van der Waals surface area (Å²) in [6, 6.07) is 5.69. The van der Waals surface area contributed by atoms with Crippen molar-refractivity contribution in [2.75, 3.05) is 27.2 Å². The van der Waals surface area contributed by atoms with Crippen LogP contribution in [0.4, 0.5) is 5.69 Å². The van der Waals surface area contributed by atoms with Crippen molar-refractivity contribution < 1.29 is 9.66 Å². The number of nitrogens with one attached hydrogen (secondary N) is 1. The summed E-state index contributed by atoms with van der Waals surface area (Å²) in [5, 5.41) is 14.4. The molecule has 6 nitrogen and oxygen atoms in total. The van der Waals surface area contributed by atoms with Crippen molar-refractivity contribution in [2.45, 2.75) is 25.4 Å². The molecule has 1 aliphatic carbocycles. The molecule has 0 radical (unpaired) electrons. The van der Waals surface area contributed by atoms with Crippen LogP contribution in [0.5, 0.6) is 5.75 Å². The van der Waals surface area contributed by atoms with E-state index in [1.54, 1.807) is 12.1 Å². The number of hydrogen-bond acceptors (Lipinski definition) is 5. The molecule has 0 aromatic heterocycles. The normalized spacial score (nSPS) is 14.6. The lowest BCUT2D eigenvalue weighted by molar-refractivity contribution is -0.385. The first-order valence-corrected chi connectivity index (χ1v) is 6.84. The first kappa shape index (κ1) is 14.7. The molecule has 0 spiro atoms. The van der Waals surface area contributed by atoms with E-state index in [0.717, 1.165) is 18.7 Å². The summed E-state index contributed by atoms with van der Waals surface area (Å²) in [7, 11) is 3.88. The lowest BCUT2D eigenvalue weighted by Gasteiger charge is -2.12. The highest BCUT2D eigenvalue weighted by atomic mass is 16.6. The zero-order valence-electron chi connectivity index (χ0n) is 12.0. The lowest BCUT2D eigenvalue weighted by Crippen LogP contribution is -2.20. The summed E-state index contributed by atoms with van der Waals surface area (Å²) in [6.07, 6.45) is 2.44. The maximum absolute atomic E-state index is 11.0. The van der Waals surface area contributed by atoms with E-state index in [-0.39, 0.29) is 5.69 Å². The largest absolute Gasteiger partial charge is 0.485 e. The standard InChI is InChI=1S/C14H21N3O3/c1-16(2)7-8-20-14-9-11(10-15-12-4-5-12)3-6-13(14)17(18)19/h3,6,9,12,15H,4-5,7-8,10H2,1-2H3. The number of benzene rings is 1. The highest BCUT2D eigenvalue weighted by Gasteiger charge is 2.21. The van der Waals surface area contributed by atoms with Gasteiger partial charge in [0, 0.05) is 25.2 Å². The number of nitro benzene ring substituents is 1. The molecular weight excluding hydrogens is 258 g/mol. The van der Waals surface area contributed by atoms with E-state index >= 15 is 0 Å². The Hall–Kier alpha value is -1.66. The summed E-state index contributed by atoms with van der Waals surface area (Å²) in [6.45, 7) is 1.89. The van der Waals surface area contributed by atoms with Crippen molar-refractivity contribution in [1.82, 2.24) is 10.2 Å². The van der Waals surface area contributed by atoms with E-state index < -0.39 is 4.92 Å². The second-order valence-corrected chi connectivity index (χ2v) is 5.37. The van der Waals surface area contributed by atoms with E-state index in [1.165, 1.54) is 18.9 Å². The summed E-state index contributed by atoms with van der Waals surface area (Å²) in [5.74, 6) is 0.354.